The van der Waals surface area contributed by atoms with Crippen molar-refractivity contribution in [3.63, 3.8) is 0 Å². The van der Waals surface area contributed by atoms with E-state index in [1.807, 2.05) is 5.38 Å². The molecule has 88 valence electrons. The van der Waals surface area contributed by atoms with Crippen molar-refractivity contribution in [2.45, 2.75) is 12.8 Å². The van der Waals surface area contributed by atoms with Gasteiger partial charge < -0.3 is 10.6 Å². The Morgan fingerprint density at radius 2 is 2.56 bits per heavy atom. The Bertz CT molecular complexity index is 361. The number of hydrogen-bond acceptors (Lipinski definition) is 3. The molecule has 1 aromatic heterocycles. The molecule has 2 heterocycles. The molecule has 0 aromatic carbocycles. The monoisotopic (exact) mass is 258 g/mol. The molecule has 0 aliphatic carbocycles. The van der Waals surface area contributed by atoms with Crippen molar-refractivity contribution < 1.29 is 4.79 Å². The van der Waals surface area contributed by atoms with Gasteiger partial charge in [0.1, 0.15) is 4.88 Å². The van der Waals surface area contributed by atoms with Crippen LogP contribution in [-0.2, 0) is 0 Å². The highest BCUT2D eigenvalue weighted by Crippen LogP contribution is 2.21. The second kappa shape index (κ2) is 5.66. The fourth-order valence-electron chi connectivity index (χ4n) is 1.87. The Hall–Kier alpha value is -0.580. The molecule has 1 atom stereocenters. The first-order chi connectivity index (χ1) is 7.77. The maximum atomic E-state index is 11.8. The molecule has 2 rings (SSSR count). The minimum absolute atomic E-state index is 0.0504. The van der Waals surface area contributed by atoms with Crippen LogP contribution in [0, 0.1) is 5.92 Å². The van der Waals surface area contributed by atoms with Crippen LogP contribution in [0.5, 0.6) is 0 Å². The zero-order valence-electron chi connectivity index (χ0n) is 8.96. The predicted octanol–water partition coefficient (Wildman–Crippen LogP) is 2.13. The Balaban J connectivity index is 1.81. The number of hydrogen-bond donors (Lipinski definition) is 2. The minimum atomic E-state index is -0.0504. The molecule has 1 amide bonds. The number of piperidine rings is 1. The number of thiophene rings is 1. The molecule has 1 aliphatic heterocycles. The van der Waals surface area contributed by atoms with Crippen LogP contribution < -0.4 is 10.6 Å². The van der Waals surface area contributed by atoms with Gasteiger partial charge in [0, 0.05) is 6.54 Å². The number of carbonyl (C=O) groups excluding carboxylic acids is 1. The van der Waals surface area contributed by atoms with E-state index in [0.717, 1.165) is 19.6 Å². The van der Waals surface area contributed by atoms with E-state index in [-0.39, 0.29) is 5.91 Å². The van der Waals surface area contributed by atoms with Crippen LogP contribution in [0.15, 0.2) is 11.4 Å². The molecule has 1 saturated heterocycles. The molecule has 1 aliphatic rings. The van der Waals surface area contributed by atoms with Crippen molar-refractivity contribution in [2.75, 3.05) is 19.6 Å². The van der Waals surface area contributed by atoms with Crippen LogP contribution in [-0.4, -0.2) is 25.5 Å². The van der Waals surface area contributed by atoms with E-state index in [4.69, 9.17) is 11.6 Å². The first kappa shape index (κ1) is 11.9. The van der Waals surface area contributed by atoms with E-state index in [1.54, 1.807) is 6.07 Å². The van der Waals surface area contributed by atoms with Crippen molar-refractivity contribution in [3.8, 4) is 0 Å². The van der Waals surface area contributed by atoms with Gasteiger partial charge in [-0.2, -0.15) is 0 Å². The lowest BCUT2D eigenvalue weighted by atomic mass is 10.00. The number of halogens is 1. The predicted molar refractivity (Wildman–Crippen MR) is 67.3 cm³/mol. The molecular weight excluding hydrogens is 244 g/mol. The highest BCUT2D eigenvalue weighted by molar-refractivity contribution is 7.12. The lowest BCUT2D eigenvalue weighted by Gasteiger charge is -2.22. The maximum Gasteiger partial charge on any atom is 0.262 e. The van der Waals surface area contributed by atoms with E-state index in [0.29, 0.717) is 15.8 Å². The summed E-state index contributed by atoms with van der Waals surface area (Å²) in [5.74, 6) is 0.502. The minimum Gasteiger partial charge on any atom is -0.351 e. The molecule has 16 heavy (non-hydrogen) atoms. The zero-order valence-corrected chi connectivity index (χ0v) is 10.5. The van der Waals surface area contributed by atoms with Gasteiger partial charge in [0.15, 0.2) is 0 Å². The van der Waals surface area contributed by atoms with Gasteiger partial charge in [-0.25, -0.2) is 0 Å². The maximum absolute atomic E-state index is 11.8. The second-order valence-electron chi connectivity index (χ2n) is 4.02. The third-order valence-corrected chi connectivity index (χ3v) is 4.11. The van der Waals surface area contributed by atoms with Crippen LogP contribution in [0.2, 0.25) is 5.02 Å². The summed E-state index contributed by atoms with van der Waals surface area (Å²) >= 11 is 7.28. The van der Waals surface area contributed by atoms with Crippen LogP contribution in [0.4, 0.5) is 0 Å². The normalized spacial score (nSPS) is 20.7. The van der Waals surface area contributed by atoms with Crippen molar-refractivity contribution in [3.05, 3.63) is 21.3 Å². The topological polar surface area (TPSA) is 41.1 Å². The standard InChI is InChI=1S/C11H15ClN2OS/c12-9-3-5-16-10(9)11(15)14-7-8-2-1-4-13-6-8/h3,5,8,13H,1-2,4,6-7H2,(H,14,15). The lowest BCUT2D eigenvalue weighted by molar-refractivity contribution is 0.0949. The van der Waals surface area contributed by atoms with E-state index >= 15 is 0 Å². The summed E-state index contributed by atoms with van der Waals surface area (Å²) in [6, 6.07) is 1.75. The molecular formula is C11H15ClN2OS. The van der Waals surface area contributed by atoms with Crippen molar-refractivity contribution in [2.24, 2.45) is 5.92 Å². The van der Waals surface area contributed by atoms with Crippen LogP contribution >= 0.6 is 22.9 Å². The van der Waals surface area contributed by atoms with Gasteiger partial charge >= 0.3 is 0 Å². The lowest BCUT2D eigenvalue weighted by Crippen LogP contribution is -2.37. The quantitative estimate of drug-likeness (QED) is 0.872. The van der Waals surface area contributed by atoms with Crippen LogP contribution in [0.1, 0.15) is 22.5 Å². The van der Waals surface area contributed by atoms with E-state index in [9.17, 15) is 4.79 Å². The summed E-state index contributed by atoms with van der Waals surface area (Å²) in [7, 11) is 0. The molecule has 3 nitrogen and oxygen atoms in total. The largest absolute Gasteiger partial charge is 0.351 e. The van der Waals surface area contributed by atoms with Gasteiger partial charge in [-0.15, -0.1) is 11.3 Å². The van der Waals surface area contributed by atoms with Gasteiger partial charge in [0.2, 0.25) is 0 Å². The molecule has 1 fully saturated rings. The van der Waals surface area contributed by atoms with Gasteiger partial charge in [-0.05, 0) is 43.3 Å². The Morgan fingerprint density at radius 1 is 1.69 bits per heavy atom. The van der Waals surface area contributed by atoms with E-state index < -0.39 is 0 Å². The number of carbonyl (C=O) groups is 1. The molecule has 1 aromatic rings. The van der Waals surface area contributed by atoms with Gasteiger partial charge in [0.05, 0.1) is 5.02 Å². The Kier molecular flexibility index (Phi) is 4.21. The van der Waals surface area contributed by atoms with Gasteiger partial charge in [-0.3, -0.25) is 4.79 Å². The Labute approximate surface area is 104 Å². The second-order valence-corrected chi connectivity index (χ2v) is 5.34. The molecule has 5 heteroatoms. The van der Waals surface area contributed by atoms with Crippen molar-refractivity contribution >= 4 is 28.8 Å². The summed E-state index contributed by atoms with van der Waals surface area (Å²) in [5, 5.41) is 8.65. The van der Waals surface area contributed by atoms with Crippen molar-refractivity contribution in [1.82, 2.24) is 10.6 Å². The van der Waals surface area contributed by atoms with E-state index in [1.165, 1.54) is 24.2 Å². The third-order valence-electron chi connectivity index (χ3n) is 2.77. The summed E-state index contributed by atoms with van der Waals surface area (Å²) in [5.41, 5.74) is 0. The third kappa shape index (κ3) is 2.97. The molecule has 1 unspecified atom stereocenters. The number of rotatable bonds is 3. The zero-order chi connectivity index (χ0) is 11.4. The van der Waals surface area contributed by atoms with Crippen molar-refractivity contribution in [1.29, 1.82) is 0 Å². The summed E-state index contributed by atoms with van der Waals surface area (Å²) in [4.78, 5) is 12.4. The van der Waals surface area contributed by atoms with Gasteiger partial charge in [0.25, 0.3) is 5.91 Å². The number of nitrogens with one attached hydrogen (secondary N) is 2. The number of amides is 1. The Morgan fingerprint density at radius 3 is 3.19 bits per heavy atom. The van der Waals surface area contributed by atoms with Crippen LogP contribution in [0.25, 0.3) is 0 Å². The average molecular weight is 259 g/mol. The fraction of sp³-hybridized carbons (Fsp3) is 0.545. The van der Waals surface area contributed by atoms with Crippen LogP contribution in [0.3, 0.4) is 0 Å². The SMILES string of the molecule is O=C(NCC1CCCNC1)c1sccc1Cl. The molecule has 0 bridgehead atoms. The molecule has 2 N–H and O–H groups in total. The molecule has 0 saturated carbocycles. The van der Waals surface area contributed by atoms with Gasteiger partial charge in [-0.1, -0.05) is 11.6 Å². The fourth-order valence-corrected chi connectivity index (χ4v) is 2.93. The molecule has 0 radical (unpaired) electrons. The highest BCUT2D eigenvalue weighted by Gasteiger charge is 2.16. The average Bonchev–Trinajstić information content (AvgIpc) is 2.74. The summed E-state index contributed by atoms with van der Waals surface area (Å²) < 4.78 is 0. The first-order valence-electron chi connectivity index (χ1n) is 5.49. The smallest absolute Gasteiger partial charge is 0.262 e. The molecule has 0 spiro atoms. The highest BCUT2D eigenvalue weighted by atomic mass is 35.5. The summed E-state index contributed by atoms with van der Waals surface area (Å²) in [6.07, 6.45) is 2.38. The first-order valence-corrected chi connectivity index (χ1v) is 6.75. The van der Waals surface area contributed by atoms with E-state index in [2.05, 4.69) is 10.6 Å². The summed E-state index contributed by atoms with van der Waals surface area (Å²) in [6.45, 7) is 2.83.